The molecule has 0 amide bonds. The molecule has 98 valence electrons. The van der Waals surface area contributed by atoms with Crippen molar-refractivity contribution in [3.05, 3.63) is 17.8 Å². The predicted octanol–water partition coefficient (Wildman–Crippen LogP) is 0.151. The van der Waals surface area contributed by atoms with Crippen molar-refractivity contribution < 1.29 is 14.6 Å². The summed E-state index contributed by atoms with van der Waals surface area (Å²) in [5.74, 6) is 0.858. The summed E-state index contributed by atoms with van der Waals surface area (Å²) in [6, 6.07) is 1.91. The van der Waals surface area contributed by atoms with Gasteiger partial charge < -0.3 is 30.2 Å². The number of aliphatic hydroxyl groups excluding tert-OH is 1. The first kappa shape index (κ1) is 11.7. The van der Waals surface area contributed by atoms with Gasteiger partial charge in [-0.05, 0) is 13.0 Å². The standard InChI is InChI=1S/C11H16N4O3/c1-6-11(18-8(4-16)17-6)15-3-2-7-9(12)13-5-14-10(7)15/h2-3,5-6,8-9,11,16H,4,12H2,1H3,(H,13,14)/t6-,8-,9?,11+/m1/s1. The molecule has 1 aromatic rings. The molecule has 3 rings (SSSR count). The Morgan fingerprint density at radius 3 is 3.11 bits per heavy atom. The lowest BCUT2D eigenvalue weighted by Crippen LogP contribution is -2.22. The molecule has 0 aromatic carbocycles. The van der Waals surface area contributed by atoms with Gasteiger partial charge in [0.2, 0.25) is 0 Å². The third-order valence-corrected chi connectivity index (χ3v) is 3.18. The zero-order valence-corrected chi connectivity index (χ0v) is 9.98. The quantitative estimate of drug-likeness (QED) is 0.696. The van der Waals surface area contributed by atoms with Gasteiger partial charge in [0.1, 0.15) is 18.1 Å². The van der Waals surface area contributed by atoms with Gasteiger partial charge in [-0.15, -0.1) is 0 Å². The lowest BCUT2D eigenvalue weighted by molar-refractivity contribution is -0.102. The second kappa shape index (κ2) is 4.36. The van der Waals surface area contributed by atoms with Crippen LogP contribution in [0.4, 0.5) is 5.82 Å². The molecule has 1 fully saturated rings. The van der Waals surface area contributed by atoms with Crippen molar-refractivity contribution in [2.75, 3.05) is 11.9 Å². The van der Waals surface area contributed by atoms with Crippen LogP contribution in [0.1, 0.15) is 24.9 Å². The highest BCUT2D eigenvalue weighted by molar-refractivity contribution is 5.78. The average molecular weight is 252 g/mol. The van der Waals surface area contributed by atoms with Gasteiger partial charge in [-0.1, -0.05) is 0 Å². The molecule has 2 aliphatic rings. The highest BCUT2D eigenvalue weighted by atomic mass is 16.7. The number of fused-ring (bicyclic) bond motifs is 1. The van der Waals surface area contributed by atoms with Gasteiger partial charge in [-0.25, -0.2) is 0 Å². The first-order valence-corrected chi connectivity index (χ1v) is 5.87. The van der Waals surface area contributed by atoms with Gasteiger partial charge in [0, 0.05) is 11.8 Å². The Morgan fingerprint density at radius 2 is 2.39 bits per heavy atom. The molecule has 0 bridgehead atoms. The molecule has 0 aliphatic carbocycles. The summed E-state index contributed by atoms with van der Waals surface area (Å²) >= 11 is 0. The van der Waals surface area contributed by atoms with E-state index in [1.807, 2.05) is 23.8 Å². The average Bonchev–Trinajstić information content (AvgIpc) is 2.93. The van der Waals surface area contributed by atoms with Crippen LogP contribution in [0.5, 0.6) is 0 Å². The number of nitrogens with one attached hydrogen (secondary N) is 1. The van der Waals surface area contributed by atoms with Gasteiger partial charge in [0.05, 0.1) is 12.9 Å². The Morgan fingerprint density at radius 1 is 1.56 bits per heavy atom. The molecule has 7 nitrogen and oxygen atoms in total. The van der Waals surface area contributed by atoms with E-state index in [0.717, 1.165) is 11.4 Å². The highest BCUT2D eigenvalue weighted by Crippen LogP contribution is 2.35. The van der Waals surface area contributed by atoms with Crippen molar-refractivity contribution in [2.24, 2.45) is 10.7 Å². The number of nitrogens with zero attached hydrogens (tertiary/aromatic N) is 2. The van der Waals surface area contributed by atoms with Crippen LogP contribution in [0.25, 0.3) is 0 Å². The van der Waals surface area contributed by atoms with Crippen LogP contribution in [0.15, 0.2) is 17.3 Å². The van der Waals surface area contributed by atoms with Crippen molar-refractivity contribution in [2.45, 2.75) is 31.7 Å². The molecule has 0 saturated carbocycles. The molecule has 4 N–H and O–H groups in total. The second-order valence-electron chi connectivity index (χ2n) is 4.37. The maximum absolute atomic E-state index is 9.06. The van der Waals surface area contributed by atoms with E-state index in [9.17, 15) is 0 Å². The first-order valence-electron chi connectivity index (χ1n) is 5.87. The Labute approximate surface area is 104 Å². The lowest BCUT2D eigenvalue weighted by Gasteiger charge is -2.21. The van der Waals surface area contributed by atoms with Crippen LogP contribution >= 0.6 is 0 Å². The number of aromatic nitrogens is 1. The molecule has 1 unspecified atom stereocenters. The van der Waals surface area contributed by atoms with Gasteiger partial charge in [-0.3, -0.25) is 4.99 Å². The Balaban J connectivity index is 1.90. The third kappa shape index (κ3) is 1.72. The molecule has 0 spiro atoms. The summed E-state index contributed by atoms with van der Waals surface area (Å²) in [7, 11) is 0. The fourth-order valence-electron chi connectivity index (χ4n) is 2.31. The normalized spacial score (nSPS) is 34.4. The molecule has 0 radical (unpaired) electrons. The van der Waals surface area contributed by atoms with Gasteiger partial charge in [0.25, 0.3) is 0 Å². The van der Waals surface area contributed by atoms with Crippen molar-refractivity contribution in [1.29, 1.82) is 0 Å². The van der Waals surface area contributed by atoms with Crippen LogP contribution < -0.4 is 11.1 Å². The minimum absolute atomic E-state index is 0.143. The monoisotopic (exact) mass is 252 g/mol. The number of aliphatic imine (C=N–C) groups is 1. The highest BCUT2D eigenvalue weighted by Gasteiger charge is 2.35. The van der Waals surface area contributed by atoms with Gasteiger partial charge in [-0.2, -0.15) is 0 Å². The number of anilines is 1. The molecule has 3 heterocycles. The smallest absolute Gasteiger partial charge is 0.183 e. The molecule has 18 heavy (non-hydrogen) atoms. The van der Waals surface area contributed by atoms with Crippen LogP contribution in [-0.2, 0) is 9.47 Å². The summed E-state index contributed by atoms with van der Waals surface area (Å²) in [6.45, 7) is 1.75. The minimum atomic E-state index is -0.575. The van der Waals surface area contributed by atoms with E-state index in [2.05, 4.69) is 10.3 Å². The summed E-state index contributed by atoms with van der Waals surface area (Å²) in [6.07, 6.45) is 2.11. The van der Waals surface area contributed by atoms with E-state index in [1.165, 1.54) is 0 Å². The van der Waals surface area contributed by atoms with E-state index in [1.54, 1.807) is 6.34 Å². The predicted molar refractivity (Wildman–Crippen MR) is 65.0 cm³/mol. The van der Waals surface area contributed by atoms with Crippen molar-refractivity contribution >= 4 is 12.2 Å². The van der Waals surface area contributed by atoms with E-state index >= 15 is 0 Å². The Kier molecular flexibility index (Phi) is 2.83. The molecule has 2 aliphatic heterocycles. The number of nitrogens with two attached hydrogens (primary N) is 1. The summed E-state index contributed by atoms with van der Waals surface area (Å²) in [5.41, 5.74) is 6.80. The van der Waals surface area contributed by atoms with E-state index in [-0.39, 0.29) is 25.1 Å². The fourth-order valence-corrected chi connectivity index (χ4v) is 2.31. The van der Waals surface area contributed by atoms with Crippen molar-refractivity contribution in [1.82, 2.24) is 4.57 Å². The lowest BCUT2D eigenvalue weighted by atomic mass is 10.2. The molecule has 4 atom stereocenters. The number of hydrogen-bond acceptors (Lipinski definition) is 6. The maximum atomic E-state index is 9.06. The largest absolute Gasteiger partial charge is 0.391 e. The van der Waals surface area contributed by atoms with Crippen molar-refractivity contribution in [3.8, 4) is 0 Å². The topological polar surface area (TPSA) is 94.0 Å². The number of aliphatic hydroxyl groups is 1. The molecular formula is C11H16N4O3. The summed E-state index contributed by atoms with van der Waals surface area (Å²) in [4.78, 5) is 4.08. The Bertz CT molecular complexity index is 473. The van der Waals surface area contributed by atoms with Gasteiger partial charge in [0.15, 0.2) is 12.5 Å². The van der Waals surface area contributed by atoms with Gasteiger partial charge >= 0.3 is 0 Å². The summed E-state index contributed by atoms with van der Waals surface area (Å²) < 4.78 is 13.0. The summed E-state index contributed by atoms with van der Waals surface area (Å²) in [5, 5.41) is 12.1. The van der Waals surface area contributed by atoms with E-state index in [4.69, 9.17) is 20.3 Å². The zero-order valence-electron chi connectivity index (χ0n) is 9.98. The maximum Gasteiger partial charge on any atom is 0.183 e. The van der Waals surface area contributed by atoms with Crippen molar-refractivity contribution in [3.63, 3.8) is 0 Å². The molecule has 1 saturated heterocycles. The van der Waals surface area contributed by atoms with Crippen LogP contribution in [-0.4, -0.2) is 35.0 Å². The second-order valence-corrected chi connectivity index (χ2v) is 4.37. The Hall–Kier alpha value is -1.41. The number of ether oxygens (including phenoxy) is 2. The zero-order chi connectivity index (χ0) is 12.7. The molecular weight excluding hydrogens is 236 g/mol. The van der Waals surface area contributed by atoms with Crippen LogP contribution in [0, 0.1) is 0 Å². The fraction of sp³-hybridized carbons (Fsp3) is 0.545. The minimum Gasteiger partial charge on any atom is -0.391 e. The first-order chi connectivity index (χ1) is 8.70. The van der Waals surface area contributed by atoms with E-state index < -0.39 is 6.29 Å². The van der Waals surface area contributed by atoms with Crippen LogP contribution in [0.3, 0.4) is 0 Å². The SMILES string of the molecule is C[C@H]1O[C@@H](CO)O[C@@H]1n1ccc2c1NC=NC2N. The molecule has 1 aromatic heterocycles. The van der Waals surface area contributed by atoms with E-state index in [0.29, 0.717) is 0 Å². The molecule has 7 heteroatoms. The third-order valence-electron chi connectivity index (χ3n) is 3.18. The number of rotatable bonds is 2. The van der Waals surface area contributed by atoms with Crippen LogP contribution in [0.2, 0.25) is 0 Å². The number of hydrogen-bond donors (Lipinski definition) is 3.